The number of hydrogen-bond acceptors (Lipinski definition) is 4. The first kappa shape index (κ1) is 15.6. The van der Waals surface area contributed by atoms with E-state index in [4.69, 9.17) is 0 Å². The fourth-order valence-corrected chi connectivity index (χ4v) is 3.29. The lowest BCUT2D eigenvalue weighted by molar-refractivity contribution is 0.0673. The normalized spacial score (nSPS) is 17.6. The first-order valence-electron chi connectivity index (χ1n) is 8.49. The van der Waals surface area contributed by atoms with Crippen molar-refractivity contribution >= 4 is 5.91 Å². The topological polar surface area (TPSA) is 68.8 Å². The molecule has 1 fully saturated rings. The van der Waals surface area contributed by atoms with Crippen LogP contribution in [0.2, 0.25) is 0 Å². The zero-order valence-electron chi connectivity index (χ0n) is 13.9. The summed E-state index contributed by atoms with van der Waals surface area (Å²) in [7, 11) is 0. The van der Waals surface area contributed by atoms with Gasteiger partial charge in [0.15, 0.2) is 0 Å². The number of rotatable bonds is 4. The summed E-state index contributed by atoms with van der Waals surface area (Å²) in [5, 5.41) is 8.42. The predicted molar refractivity (Wildman–Crippen MR) is 92.0 cm³/mol. The summed E-state index contributed by atoms with van der Waals surface area (Å²) in [5.41, 5.74) is 1.82. The minimum atomic E-state index is 0.0872. The zero-order chi connectivity index (χ0) is 17.1. The van der Waals surface area contributed by atoms with Crippen LogP contribution in [0.25, 0.3) is 0 Å². The Bertz CT molecular complexity index is 810. The summed E-state index contributed by atoms with van der Waals surface area (Å²) in [5.74, 6) is 0.0872. The van der Waals surface area contributed by atoms with E-state index in [0.717, 1.165) is 30.5 Å². The molecule has 1 aromatic carbocycles. The van der Waals surface area contributed by atoms with Gasteiger partial charge >= 0.3 is 0 Å². The molecule has 0 spiro atoms. The third-order valence-electron chi connectivity index (χ3n) is 4.59. The van der Waals surface area contributed by atoms with Gasteiger partial charge in [-0.1, -0.05) is 12.1 Å². The molecule has 1 aliphatic heterocycles. The van der Waals surface area contributed by atoms with Gasteiger partial charge in [0.1, 0.15) is 12.7 Å². The van der Waals surface area contributed by atoms with Crippen molar-refractivity contribution in [2.75, 3.05) is 13.1 Å². The maximum atomic E-state index is 12.8. The molecule has 128 valence electrons. The van der Waals surface area contributed by atoms with Crippen LogP contribution in [0.4, 0.5) is 0 Å². The Balaban J connectivity index is 1.43. The van der Waals surface area contributed by atoms with Crippen LogP contribution >= 0.6 is 0 Å². The van der Waals surface area contributed by atoms with Gasteiger partial charge in [-0.05, 0) is 36.6 Å². The maximum absolute atomic E-state index is 12.8. The molecule has 0 bridgehead atoms. The van der Waals surface area contributed by atoms with Gasteiger partial charge in [0, 0.05) is 31.0 Å². The molecule has 3 heterocycles. The lowest BCUT2D eigenvalue weighted by atomic mass is 10.0. The summed E-state index contributed by atoms with van der Waals surface area (Å²) in [6, 6.07) is 9.93. The molecule has 7 nitrogen and oxygen atoms in total. The number of carbonyl (C=O) groups excluding carboxylic acids is 1. The molecule has 0 N–H and O–H groups in total. The second-order valence-electron chi connectivity index (χ2n) is 6.32. The largest absolute Gasteiger partial charge is 0.337 e. The average molecular weight is 336 g/mol. The molecule has 2 aromatic heterocycles. The van der Waals surface area contributed by atoms with Gasteiger partial charge in [-0.25, -0.2) is 9.67 Å². The summed E-state index contributed by atoms with van der Waals surface area (Å²) in [4.78, 5) is 18.7. The molecular weight excluding hydrogens is 316 g/mol. The number of nitrogens with zero attached hydrogens (tertiary/aromatic N) is 6. The van der Waals surface area contributed by atoms with Crippen molar-refractivity contribution in [1.82, 2.24) is 29.4 Å². The third-order valence-corrected chi connectivity index (χ3v) is 4.59. The number of likely N-dealkylation sites (tertiary alicyclic amines) is 1. The van der Waals surface area contributed by atoms with Crippen molar-refractivity contribution in [2.24, 2.45) is 0 Å². The van der Waals surface area contributed by atoms with Crippen LogP contribution in [0, 0.1) is 0 Å². The predicted octanol–water partition coefficient (Wildman–Crippen LogP) is 2.00. The highest BCUT2D eigenvalue weighted by Crippen LogP contribution is 2.22. The average Bonchev–Trinajstić information content (AvgIpc) is 3.36. The van der Waals surface area contributed by atoms with Crippen molar-refractivity contribution in [3.05, 3.63) is 66.5 Å². The SMILES string of the molecule is O=C(c1ccc(Cn2cncn2)cc1)N1CCC[C@@H](n2cccn2)C1. The molecule has 25 heavy (non-hydrogen) atoms. The second kappa shape index (κ2) is 6.88. The van der Waals surface area contributed by atoms with Gasteiger partial charge in [0.2, 0.25) is 0 Å². The first-order valence-corrected chi connectivity index (χ1v) is 8.49. The van der Waals surface area contributed by atoms with Crippen molar-refractivity contribution in [2.45, 2.75) is 25.4 Å². The molecule has 1 aliphatic rings. The third kappa shape index (κ3) is 3.45. The number of benzene rings is 1. The Morgan fingerprint density at radius 3 is 2.80 bits per heavy atom. The highest BCUT2D eigenvalue weighted by molar-refractivity contribution is 5.94. The van der Waals surface area contributed by atoms with E-state index in [1.807, 2.05) is 46.1 Å². The van der Waals surface area contributed by atoms with Crippen LogP contribution in [0.1, 0.15) is 34.8 Å². The standard InChI is InChI=1S/C18H20N6O/c25-18(22-9-1-3-17(12-22)24-10-2-8-20-24)16-6-4-15(5-7-16)11-23-14-19-13-21-23/h2,4-8,10,13-14,17H,1,3,9,11-12H2/t17-/m1/s1. The number of piperidine rings is 1. The fourth-order valence-electron chi connectivity index (χ4n) is 3.29. The van der Waals surface area contributed by atoms with Gasteiger partial charge in [-0.2, -0.15) is 10.2 Å². The van der Waals surface area contributed by atoms with Crippen LogP contribution in [-0.2, 0) is 6.54 Å². The van der Waals surface area contributed by atoms with E-state index in [0.29, 0.717) is 13.1 Å². The summed E-state index contributed by atoms with van der Waals surface area (Å²) in [6.45, 7) is 2.16. The Kier molecular flexibility index (Phi) is 4.28. The van der Waals surface area contributed by atoms with Crippen LogP contribution in [0.5, 0.6) is 0 Å². The van der Waals surface area contributed by atoms with Gasteiger partial charge in [-0.3, -0.25) is 9.48 Å². The van der Waals surface area contributed by atoms with Gasteiger partial charge in [0.25, 0.3) is 5.91 Å². The molecule has 7 heteroatoms. The van der Waals surface area contributed by atoms with Crippen LogP contribution in [-0.4, -0.2) is 48.4 Å². The quantitative estimate of drug-likeness (QED) is 0.731. The highest BCUT2D eigenvalue weighted by atomic mass is 16.2. The minimum Gasteiger partial charge on any atom is -0.337 e. The molecule has 4 rings (SSSR count). The second-order valence-corrected chi connectivity index (χ2v) is 6.32. The molecule has 0 aliphatic carbocycles. The fraction of sp³-hybridized carbons (Fsp3) is 0.333. The molecular formula is C18H20N6O. The van der Waals surface area contributed by atoms with E-state index in [-0.39, 0.29) is 11.9 Å². The van der Waals surface area contributed by atoms with E-state index >= 15 is 0 Å². The van der Waals surface area contributed by atoms with Crippen molar-refractivity contribution in [3.63, 3.8) is 0 Å². The van der Waals surface area contributed by atoms with Crippen LogP contribution in [0.3, 0.4) is 0 Å². The number of aromatic nitrogens is 5. The molecule has 0 unspecified atom stereocenters. The number of hydrogen-bond donors (Lipinski definition) is 0. The summed E-state index contributed by atoms with van der Waals surface area (Å²) < 4.78 is 3.72. The van der Waals surface area contributed by atoms with E-state index < -0.39 is 0 Å². The maximum Gasteiger partial charge on any atom is 0.253 e. The van der Waals surface area contributed by atoms with E-state index in [1.54, 1.807) is 17.2 Å². The molecule has 1 amide bonds. The smallest absolute Gasteiger partial charge is 0.253 e. The van der Waals surface area contributed by atoms with Crippen molar-refractivity contribution < 1.29 is 4.79 Å². The van der Waals surface area contributed by atoms with Crippen molar-refractivity contribution in [3.8, 4) is 0 Å². The van der Waals surface area contributed by atoms with Crippen LogP contribution in [0.15, 0.2) is 55.4 Å². The molecule has 0 radical (unpaired) electrons. The first-order chi connectivity index (χ1) is 12.3. The number of carbonyl (C=O) groups is 1. The van der Waals surface area contributed by atoms with Crippen molar-refractivity contribution in [1.29, 1.82) is 0 Å². The van der Waals surface area contributed by atoms with Gasteiger partial charge < -0.3 is 4.90 Å². The Labute approximate surface area is 145 Å². The van der Waals surface area contributed by atoms with Gasteiger partial charge in [-0.15, -0.1) is 0 Å². The minimum absolute atomic E-state index is 0.0872. The highest BCUT2D eigenvalue weighted by Gasteiger charge is 2.25. The lowest BCUT2D eigenvalue weighted by Crippen LogP contribution is -2.40. The zero-order valence-corrected chi connectivity index (χ0v) is 13.9. The molecule has 1 atom stereocenters. The van der Waals surface area contributed by atoms with E-state index in [1.165, 1.54) is 6.33 Å². The Morgan fingerprint density at radius 2 is 2.08 bits per heavy atom. The molecule has 0 saturated carbocycles. The molecule has 3 aromatic rings. The molecule has 1 saturated heterocycles. The summed E-state index contributed by atoms with van der Waals surface area (Å²) in [6.07, 6.45) is 9.02. The number of amides is 1. The lowest BCUT2D eigenvalue weighted by Gasteiger charge is -2.33. The Morgan fingerprint density at radius 1 is 1.20 bits per heavy atom. The van der Waals surface area contributed by atoms with Gasteiger partial charge in [0.05, 0.1) is 12.6 Å². The van der Waals surface area contributed by atoms with E-state index in [2.05, 4.69) is 15.2 Å². The van der Waals surface area contributed by atoms with E-state index in [9.17, 15) is 4.79 Å². The summed E-state index contributed by atoms with van der Waals surface area (Å²) >= 11 is 0. The van der Waals surface area contributed by atoms with Crippen LogP contribution < -0.4 is 0 Å². The Hall–Kier alpha value is -2.96. The monoisotopic (exact) mass is 336 g/mol.